The number of aryl methyl sites for hydroxylation is 1. The molecule has 0 amide bonds. The molecule has 3 rings (SSSR count). The van der Waals surface area contributed by atoms with Gasteiger partial charge in [0.2, 0.25) is 0 Å². The normalized spacial score (nSPS) is 12.1. The van der Waals surface area contributed by atoms with Gasteiger partial charge in [-0.2, -0.15) is 0 Å². The molecule has 3 aromatic heterocycles. The summed E-state index contributed by atoms with van der Waals surface area (Å²) in [6.07, 6.45) is 1.71. The van der Waals surface area contributed by atoms with Crippen LogP contribution in [0.3, 0.4) is 0 Å². The summed E-state index contributed by atoms with van der Waals surface area (Å²) in [5.41, 5.74) is 11.4. The Balaban J connectivity index is 2.21. The first-order chi connectivity index (χ1) is 10.6. The van der Waals surface area contributed by atoms with Crippen molar-refractivity contribution in [2.45, 2.75) is 19.9 Å². The van der Waals surface area contributed by atoms with Gasteiger partial charge < -0.3 is 0 Å². The Morgan fingerprint density at radius 1 is 1.45 bits per heavy atom. The summed E-state index contributed by atoms with van der Waals surface area (Å²) < 4.78 is 1.56. The third-order valence-electron chi connectivity index (χ3n) is 3.27. The molecule has 0 N–H and O–H groups in total. The summed E-state index contributed by atoms with van der Waals surface area (Å²) in [7, 11) is 0. The Morgan fingerprint density at radius 3 is 3.00 bits per heavy atom. The maximum Gasteiger partial charge on any atom is 0.259 e. The van der Waals surface area contributed by atoms with E-state index in [0.717, 1.165) is 17.0 Å². The highest BCUT2D eigenvalue weighted by Crippen LogP contribution is 2.25. The summed E-state index contributed by atoms with van der Waals surface area (Å²) in [4.78, 5) is 24.3. The maximum atomic E-state index is 12.4. The summed E-state index contributed by atoms with van der Waals surface area (Å²) >= 11 is 1.38. The Morgan fingerprint density at radius 2 is 2.27 bits per heavy atom. The average Bonchev–Trinajstić information content (AvgIpc) is 2.92. The Hall–Kier alpha value is -2.70. The molecule has 0 radical (unpaired) electrons. The van der Waals surface area contributed by atoms with Crippen molar-refractivity contribution < 1.29 is 0 Å². The molecule has 22 heavy (non-hydrogen) atoms. The monoisotopic (exact) mass is 312 g/mol. The third-order valence-corrected chi connectivity index (χ3v) is 4.10. The zero-order valence-corrected chi connectivity index (χ0v) is 12.8. The van der Waals surface area contributed by atoms with Crippen molar-refractivity contribution in [1.82, 2.24) is 14.4 Å². The molecule has 0 saturated carbocycles. The number of hydrogen-bond donors (Lipinski definition) is 0. The number of azide groups is 1. The van der Waals surface area contributed by atoms with Crippen LogP contribution in [-0.4, -0.2) is 14.4 Å². The smallest absolute Gasteiger partial charge is 0.259 e. The average molecular weight is 312 g/mol. The van der Waals surface area contributed by atoms with Crippen LogP contribution in [0.25, 0.3) is 26.7 Å². The highest BCUT2D eigenvalue weighted by molar-refractivity contribution is 7.15. The van der Waals surface area contributed by atoms with Crippen LogP contribution in [0.4, 0.5) is 0 Å². The van der Waals surface area contributed by atoms with Gasteiger partial charge in [0, 0.05) is 33.8 Å². The van der Waals surface area contributed by atoms with Gasteiger partial charge >= 0.3 is 0 Å². The number of pyridine rings is 1. The number of rotatable bonds is 3. The van der Waals surface area contributed by atoms with Gasteiger partial charge in [0.15, 0.2) is 4.96 Å². The van der Waals surface area contributed by atoms with E-state index in [1.54, 1.807) is 17.5 Å². The van der Waals surface area contributed by atoms with Crippen LogP contribution in [0.1, 0.15) is 24.4 Å². The topological polar surface area (TPSA) is 96.0 Å². The number of thiazole rings is 1. The molecule has 0 aromatic carbocycles. The van der Waals surface area contributed by atoms with Crippen molar-refractivity contribution in [1.29, 1.82) is 0 Å². The van der Waals surface area contributed by atoms with Gasteiger partial charge in [-0.15, -0.1) is 11.3 Å². The van der Waals surface area contributed by atoms with E-state index in [9.17, 15) is 4.79 Å². The van der Waals surface area contributed by atoms with Gasteiger partial charge in [-0.1, -0.05) is 12.0 Å². The minimum Gasteiger partial charge on any atom is -0.269 e. The predicted octanol–water partition coefficient (Wildman–Crippen LogP) is 3.50. The Bertz CT molecular complexity index is 953. The van der Waals surface area contributed by atoms with E-state index in [0.29, 0.717) is 10.7 Å². The van der Waals surface area contributed by atoms with E-state index in [1.807, 2.05) is 24.4 Å². The maximum absolute atomic E-state index is 12.4. The molecule has 1 atom stereocenters. The van der Waals surface area contributed by atoms with Crippen molar-refractivity contribution in [2.75, 3.05) is 0 Å². The molecule has 0 fully saturated rings. The summed E-state index contributed by atoms with van der Waals surface area (Å²) in [5, 5.41) is 5.47. The van der Waals surface area contributed by atoms with Crippen LogP contribution in [0.2, 0.25) is 0 Å². The molecule has 8 heteroatoms. The molecule has 0 saturated heterocycles. The van der Waals surface area contributed by atoms with E-state index in [-0.39, 0.29) is 5.56 Å². The molecule has 3 aromatic rings. The lowest BCUT2D eigenvalue weighted by Gasteiger charge is -2.05. The van der Waals surface area contributed by atoms with E-state index < -0.39 is 6.04 Å². The Kier molecular flexibility index (Phi) is 3.62. The number of aromatic nitrogens is 3. The molecular formula is C14H12N6OS. The van der Waals surface area contributed by atoms with Gasteiger partial charge in [0.1, 0.15) is 0 Å². The highest BCUT2D eigenvalue weighted by Gasteiger charge is 2.13. The van der Waals surface area contributed by atoms with Crippen molar-refractivity contribution in [3.8, 4) is 11.3 Å². The van der Waals surface area contributed by atoms with Crippen LogP contribution >= 0.6 is 11.3 Å². The van der Waals surface area contributed by atoms with Crippen molar-refractivity contribution in [3.05, 3.63) is 62.0 Å². The minimum absolute atomic E-state index is 0.189. The summed E-state index contributed by atoms with van der Waals surface area (Å²) in [6.45, 7) is 3.61. The van der Waals surface area contributed by atoms with Gasteiger partial charge in [0.05, 0.1) is 17.4 Å². The van der Waals surface area contributed by atoms with Crippen LogP contribution in [0.15, 0.2) is 39.7 Å². The van der Waals surface area contributed by atoms with Gasteiger partial charge in [-0.25, -0.2) is 4.98 Å². The largest absolute Gasteiger partial charge is 0.269 e. The molecular weight excluding hydrogens is 300 g/mol. The lowest BCUT2D eigenvalue weighted by Crippen LogP contribution is -2.15. The van der Waals surface area contributed by atoms with Crippen LogP contribution in [0.5, 0.6) is 0 Å². The SMILES string of the molecule is Cc1cc(-c2csc3nc(C(C)N=[N+]=[N-])cc(=O)n23)ccn1. The molecule has 0 spiro atoms. The van der Waals surface area contributed by atoms with Crippen LogP contribution < -0.4 is 5.56 Å². The zero-order valence-electron chi connectivity index (χ0n) is 12.0. The molecule has 7 nitrogen and oxygen atoms in total. The van der Waals surface area contributed by atoms with Gasteiger partial charge in [0.25, 0.3) is 5.56 Å². The fourth-order valence-electron chi connectivity index (χ4n) is 2.19. The number of hydrogen-bond acceptors (Lipinski definition) is 5. The number of fused-ring (bicyclic) bond motifs is 1. The number of nitrogens with zero attached hydrogens (tertiary/aromatic N) is 6. The quantitative estimate of drug-likeness (QED) is 0.420. The third kappa shape index (κ3) is 2.45. The van der Waals surface area contributed by atoms with E-state index in [2.05, 4.69) is 20.0 Å². The molecule has 0 bridgehead atoms. The minimum atomic E-state index is -0.476. The summed E-state index contributed by atoms with van der Waals surface area (Å²) in [5.74, 6) is 0. The molecule has 3 heterocycles. The van der Waals surface area contributed by atoms with E-state index >= 15 is 0 Å². The molecule has 110 valence electrons. The Labute approximate surface area is 129 Å². The fraction of sp³-hybridized carbons (Fsp3) is 0.214. The second-order valence-corrected chi connectivity index (χ2v) is 5.66. The second kappa shape index (κ2) is 5.59. The predicted molar refractivity (Wildman–Crippen MR) is 84.9 cm³/mol. The van der Waals surface area contributed by atoms with Gasteiger partial charge in [-0.3, -0.25) is 14.2 Å². The highest BCUT2D eigenvalue weighted by atomic mass is 32.1. The lowest BCUT2D eigenvalue weighted by molar-refractivity contribution is 0.768. The van der Waals surface area contributed by atoms with Crippen LogP contribution in [-0.2, 0) is 0 Å². The fourth-order valence-corrected chi connectivity index (χ4v) is 3.10. The van der Waals surface area contributed by atoms with Crippen molar-refractivity contribution in [3.63, 3.8) is 0 Å². The van der Waals surface area contributed by atoms with Crippen molar-refractivity contribution >= 4 is 16.3 Å². The molecule has 0 aliphatic heterocycles. The van der Waals surface area contributed by atoms with Gasteiger partial charge in [-0.05, 0) is 24.6 Å². The van der Waals surface area contributed by atoms with Crippen molar-refractivity contribution in [2.24, 2.45) is 5.11 Å². The first-order valence-corrected chi connectivity index (χ1v) is 7.46. The second-order valence-electron chi connectivity index (χ2n) is 4.82. The first-order valence-electron chi connectivity index (χ1n) is 6.58. The van der Waals surface area contributed by atoms with Crippen LogP contribution in [0, 0.1) is 6.92 Å². The lowest BCUT2D eigenvalue weighted by atomic mass is 10.2. The standard InChI is InChI=1S/C14H12N6OS/c1-8-5-10(3-4-16-8)12-7-22-14-17-11(9(2)18-19-15)6-13(21)20(12)14/h3-7,9H,1-2H3. The molecule has 0 aliphatic rings. The van der Waals surface area contributed by atoms with E-state index in [4.69, 9.17) is 5.53 Å². The summed E-state index contributed by atoms with van der Waals surface area (Å²) in [6, 6.07) is 4.72. The molecule has 1 unspecified atom stereocenters. The first kappa shape index (κ1) is 14.2. The zero-order chi connectivity index (χ0) is 15.7. The van der Waals surface area contributed by atoms with E-state index in [1.165, 1.54) is 17.4 Å². The molecule has 0 aliphatic carbocycles.